The standard InChI is InChI=1S/C15H21NOS/c1-4-11(2)15(17)16-10-9-12(3)18-14-8-6-5-7-13(14)16/h5-8,11-12H,4,9-10H2,1-3H3/t11-,12+/m0/s1. The number of anilines is 1. The molecular weight excluding hydrogens is 242 g/mol. The summed E-state index contributed by atoms with van der Waals surface area (Å²) in [7, 11) is 0. The molecule has 0 fully saturated rings. The van der Waals surface area contributed by atoms with Crippen LogP contribution in [0.4, 0.5) is 5.69 Å². The van der Waals surface area contributed by atoms with Gasteiger partial charge in [0.1, 0.15) is 0 Å². The number of para-hydroxylation sites is 1. The van der Waals surface area contributed by atoms with Gasteiger partial charge in [-0.05, 0) is 25.0 Å². The van der Waals surface area contributed by atoms with Gasteiger partial charge in [0.2, 0.25) is 5.91 Å². The Morgan fingerprint density at radius 1 is 1.50 bits per heavy atom. The van der Waals surface area contributed by atoms with Gasteiger partial charge >= 0.3 is 0 Å². The first-order valence-electron chi connectivity index (χ1n) is 6.70. The number of carbonyl (C=O) groups is 1. The molecule has 0 radical (unpaired) electrons. The molecule has 0 N–H and O–H groups in total. The molecule has 1 aliphatic heterocycles. The second kappa shape index (κ2) is 5.79. The van der Waals surface area contributed by atoms with Crippen molar-refractivity contribution < 1.29 is 4.79 Å². The summed E-state index contributed by atoms with van der Waals surface area (Å²) in [4.78, 5) is 15.7. The molecule has 1 aliphatic rings. The quantitative estimate of drug-likeness (QED) is 0.805. The molecule has 0 saturated heterocycles. The molecule has 0 saturated carbocycles. The number of hydrogen-bond donors (Lipinski definition) is 0. The zero-order valence-electron chi connectivity index (χ0n) is 11.3. The first kappa shape index (κ1) is 13.5. The van der Waals surface area contributed by atoms with Crippen molar-refractivity contribution in [1.82, 2.24) is 0 Å². The number of hydrogen-bond acceptors (Lipinski definition) is 2. The third-order valence-electron chi connectivity index (χ3n) is 3.54. The fourth-order valence-corrected chi connectivity index (χ4v) is 3.27. The predicted molar refractivity (Wildman–Crippen MR) is 78.2 cm³/mol. The molecule has 18 heavy (non-hydrogen) atoms. The molecule has 1 aromatic carbocycles. The number of fused-ring (bicyclic) bond motifs is 1. The second-order valence-corrected chi connectivity index (χ2v) is 6.46. The Labute approximate surface area is 114 Å². The summed E-state index contributed by atoms with van der Waals surface area (Å²) in [5.74, 6) is 0.371. The number of thioether (sulfide) groups is 1. The van der Waals surface area contributed by atoms with Gasteiger partial charge in [0.25, 0.3) is 0 Å². The van der Waals surface area contributed by atoms with Crippen LogP contribution in [-0.4, -0.2) is 17.7 Å². The fourth-order valence-electron chi connectivity index (χ4n) is 2.16. The molecule has 0 aromatic heterocycles. The summed E-state index contributed by atoms with van der Waals surface area (Å²) >= 11 is 1.88. The van der Waals surface area contributed by atoms with Crippen molar-refractivity contribution in [3.05, 3.63) is 24.3 Å². The topological polar surface area (TPSA) is 20.3 Å². The lowest BCUT2D eigenvalue weighted by molar-refractivity contribution is -0.122. The largest absolute Gasteiger partial charge is 0.311 e. The lowest BCUT2D eigenvalue weighted by atomic mass is 10.1. The minimum Gasteiger partial charge on any atom is -0.311 e. The smallest absolute Gasteiger partial charge is 0.229 e. The summed E-state index contributed by atoms with van der Waals surface area (Å²) < 4.78 is 0. The summed E-state index contributed by atoms with van der Waals surface area (Å²) in [6.07, 6.45) is 1.96. The third kappa shape index (κ3) is 2.72. The Morgan fingerprint density at radius 2 is 2.22 bits per heavy atom. The number of rotatable bonds is 2. The molecule has 3 heteroatoms. The highest BCUT2D eigenvalue weighted by Gasteiger charge is 2.26. The van der Waals surface area contributed by atoms with E-state index in [1.807, 2.05) is 29.7 Å². The lowest BCUT2D eigenvalue weighted by Crippen LogP contribution is -2.36. The fraction of sp³-hybridized carbons (Fsp3) is 0.533. The summed E-state index contributed by atoms with van der Waals surface area (Å²) in [6.45, 7) is 7.17. The Bertz CT molecular complexity index is 432. The molecule has 2 rings (SSSR count). The van der Waals surface area contributed by atoms with Gasteiger partial charge in [-0.1, -0.05) is 32.9 Å². The average molecular weight is 263 g/mol. The van der Waals surface area contributed by atoms with E-state index in [9.17, 15) is 4.79 Å². The highest BCUT2D eigenvalue weighted by molar-refractivity contribution is 8.00. The minimum absolute atomic E-state index is 0.108. The molecule has 0 aliphatic carbocycles. The van der Waals surface area contributed by atoms with E-state index >= 15 is 0 Å². The predicted octanol–water partition coefficient (Wildman–Crippen LogP) is 3.95. The van der Waals surface area contributed by atoms with Crippen LogP contribution in [0.2, 0.25) is 0 Å². The van der Waals surface area contributed by atoms with Crippen molar-refractivity contribution >= 4 is 23.4 Å². The number of nitrogens with zero attached hydrogens (tertiary/aromatic N) is 1. The van der Waals surface area contributed by atoms with Gasteiger partial charge in [-0.3, -0.25) is 4.79 Å². The summed E-state index contributed by atoms with van der Waals surface area (Å²) in [5, 5.41) is 0.570. The van der Waals surface area contributed by atoms with Crippen LogP contribution in [0.15, 0.2) is 29.2 Å². The van der Waals surface area contributed by atoms with Crippen molar-refractivity contribution in [1.29, 1.82) is 0 Å². The maximum atomic E-state index is 12.5. The van der Waals surface area contributed by atoms with Gasteiger partial charge in [0, 0.05) is 22.6 Å². The Morgan fingerprint density at radius 3 is 2.94 bits per heavy atom. The normalized spacial score (nSPS) is 21.1. The molecule has 0 bridgehead atoms. The van der Waals surface area contributed by atoms with E-state index in [-0.39, 0.29) is 11.8 Å². The van der Waals surface area contributed by atoms with Crippen molar-refractivity contribution in [3.63, 3.8) is 0 Å². The van der Waals surface area contributed by atoms with Crippen LogP contribution in [0, 0.1) is 5.92 Å². The minimum atomic E-state index is 0.108. The van der Waals surface area contributed by atoms with E-state index in [1.165, 1.54) is 4.90 Å². The van der Waals surface area contributed by atoms with Crippen molar-refractivity contribution in [2.24, 2.45) is 5.92 Å². The van der Waals surface area contributed by atoms with Crippen LogP contribution < -0.4 is 4.90 Å². The van der Waals surface area contributed by atoms with Gasteiger partial charge < -0.3 is 4.90 Å². The van der Waals surface area contributed by atoms with Crippen molar-refractivity contribution in [2.45, 2.75) is 43.8 Å². The van der Waals surface area contributed by atoms with Crippen LogP contribution in [0.5, 0.6) is 0 Å². The van der Waals surface area contributed by atoms with Gasteiger partial charge in [-0.2, -0.15) is 0 Å². The summed E-state index contributed by atoms with van der Waals surface area (Å²) in [5.41, 5.74) is 1.09. The summed E-state index contributed by atoms with van der Waals surface area (Å²) in [6, 6.07) is 8.27. The van der Waals surface area contributed by atoms with Crippen molar-refractivity contribution in [2.75, 3.05) is 11.4 Å². The highest BCUT2D eigenvalue weighted by atomic mass is 32.2. The number of benzene rings is 1. The molecule has 0 unspecified atom stereocenters. The van der Waals surface area contributed by atoms with E-state index in [4.69, 9.17) is 0 Å². The molecule has 1 aromatic rings. The van der Waals surface area contributed by atoms with Crippen molar-refractivity contribution in [3.8, 4) is 0 Å². The molecule has 2 nitrogen and oxygen atoms in total. The van der Waals surface area contributed by atoms with Gasteiger partial charge in [0.05, 0.1) is 5.69 Å². The SMILES string of the molecule is CC[C@H](C)C(=O)N1CC[C@@H](C)Sc2ccccc21. The first-order valence-corrected chi connectivity index (χ1v) is 7.58. The monoisotopic (exact) mass is 263 g/mol. The van der Waals surface area contributed by atoms with E-state index < -0.39 is 0 Å². The van der Waals surface area contributed by atoms with Crippen LogP contribution in [0.25, 0.3) is 0 Å². The van der Waals surface area contributed by atoms with E-state index in [1.54, 1.807) is 0 Å². The Hall–Kier alpha value is -0.960. The zero-order chi connectivity index (χ0) is 13.1. The number of amides is 1. The van der Waals surface area contributed by atoms with E-state index in [0.29, 0.717) is 5.25 Å². The van der Waals surface area contributed by atoms with E-state index in [0.717, 1.165) is 25.1 Å². The molecule has 2 atom stereocenters. The number of carbonyl (C=O) groups excluding carboxylic acids is 1. The second-order valence-electron chi connectivity index (χ2n) is 4.98. The maximum absolute atomic E-state index is 12.5. The van der Waals surface area contributed by atoms with Gasteiger partial charge in [-0.15, -0.1) is 11.8 Å². The average Bonchev–Trinajstić information content (AvgIpc) is 2.55. The van der Waals surface area contributed by atoms with Crippen LogP contribution >= 0.6 is 11.8 Å². The van der Waals surface area contributed by atoms with Crippen LogP contribution in [0.3, 0.4) is 0 Å². The molecule has 1 amide bonds. The Balaban J connectivity index is 2.34. The molecule has 98 valence electrons. The van der Waals surface area contributed by atoms with E-state index in [2.05, 4.69) is 32.0 Å². The zero-order valence-corrected chi connectivity index (χ0v) is 12.2. The molecule has 0 spiro atoms. The van der Waals surface area contributed by atoms with Crippen LogP contribution in [-0.2, 0) is 4.79 Å². The lowest BCUT2D eigenvalue weighted by Gasteiger charge is -2.25. The third-order valence-corrected chi connectivity index (χ3v) is 4.78. The Kier molecular flexibility index (Phi) is 4.33. The maximum Gasteiger partial charge on any atom is 0.229 e. The van der Waals surface area contributed by atoms with Crippen LogP contribution in [0.1, 0.15) is 33.6 Å². The first-order chi connectivity index (χ1) is 8.63. The van der Waals surface area contributed by atoms with Gasteiger partial charge in [0.15, 0.2) is 0 Å². The molecule has 1 heterocycles. The van der Waals surface area contributed by atoms with Gasteiger partial charge in [-0.25, -0.2) is 0 Å². The highest BCUT2D eigenvalue weighted by Crippen LogP contribution is 2.37. The molecular formula is C15H21NOS.